The molecular weight excluding hydrogens is 228 g/mol. The predicted molar refractivity (Wildman–Crippen MR) is 73.6 cm³/mol. The van der Waals surface area contributed by atoms with E-state index in [1.165, 1.54) is 0 Å². The van der Waals surface area contributed by atoms with Crippen LogP contribution in [-0.2, 0) is 0 Å². The first kappa shape index (κ1) is 14.4. The number of aryl methyl sites for hydroxylation is 2. The SMILES string of the molecule is CCCC(N)CNc1nc(C)cc(C)c1C(N)=O. The van der Waals surface area contributed by atoms with Gasteiger partial charge in [-0.1, -0.05) is 13.3 Å². The molecule has 0 saturated heterocycles. The van der Waals surface area contributed by atoms with E-state index in [1.807, 2.05) is 19.9 Å². The highest BCUT2D eigenvalue weighted by molar-refractivity contribution is 5.99. The van der Waals surface area contributed by atoms with Crippen LogP contribution < -0.4 is 16.8 Å². The van der Waals surface area contributed by atoms with Crippen LogP contribution in [0.3, 0.4) is 0 Å². The molecule has 0 radical (unpaired) electrons. The van der Waals surface area contributed by atoms with E-state index in [0.717, 1.165) is 24.1 Å². The normalized spacial score (nSPS) is 12.2. The lowest BCUT2D eigenvalue weighted by Crippen LogP contribution is -2.30. The Balaban J connectivity index is 2.90. The van der Waals surface area contributed by atoms with Crippen LogP contribution in [0.15, 0.2) is 6.07 Å². The molecule has 1 heterocycles. The highest BCUT2D eigenvalue weighted by atomic mass is 16.1. The second-order valence-electron chi connectivity index (χ2n) is 4.60. The molecule has 0 aliphatic heterocycles. The Morgan fingerprint density at radius 3 is 2.72 bits per heavy atom. The van der Waals surface area contributed by atoms with Crippen molar-refractivity contribution in [3.8, 4) is 0 Å². The van der Waals surface area contributed by atoms with Crippen LogP contribution in [0.25, 0.3) is 0 Å². The zero-order chi connectivity index (χ0) is 13.7. The van der Waals surface area contributed by atoms with Crippen LogP contribution in [0.1, 0.15) is 41.4 Å². The van der Waals surface area contributed by atoms with Crippen LogP contribution >= 0.6 is 0 Å². The first-order valence-electron chi connectivity index (χ1n) is 6.23. The molecule has 0 aliphatic carbocycles. The van der Waals surface area contributed by atoms with Crippen LogP contribution in [0.5, 0.6) is 0 Å². The monoisotopic (exact) mass is 250 g/mol. The van der Waals surface area contributed by atoms with Gasteiger partial charge < -0.3 is 16.8 Å². The fraction of sp³-hybridized carbons (Fsp3) is 0.538. The Morgan fingerprint density at radius 2 is 2.17 bits per heavy atom. The standard InChI is InChI=1S/C13H22N4O/c1-4-5-10(14)7-16-13-11(12(15)18)8(2)6-9(3)17-13/h6,10H,4-5,7,14H2,1-3H3,(H2,15,18)(H,16,17). The number of pyridine rings is 1. The van der Waals surface area contributed by atoms with Crippen molar-refractivity contribution >= 4 is 11.7 Å². The van der Waals surface area contributed by atoms with Crippen molar-refractivity contribution in [1.82, 2.24) is 4.98 Å². The smallest absolute Gasteiger partial charge is 0.252 e. The van der Waals surface area contributed by atoms with E-state index >= 15 is 0 Å². The first-order chi connectivity index (χ1) is 8.45. The molecule has 0 fully saturated rings. The topological polar surface area (TPSA) is 94.0 Å². The van der Waals surface area contributed by atoms with E-state index in [1.54, 1.807) is 0 Å². The molecule has 1 atom stereocenters. The minimum atomic E-state index is -0.466. The summed E-state index contributed by atoms with van der Waals surface area (Å²) in [7, 11) is 0. The second kappa shape index (κ2) is 6.35. The fourth-order valence-electron chi connectivity index (χ4n) is 1.98. The number of nitrogens with zero attached hydrogens (tertiary/aromatic N) is 1. The molecule has 1 rings (SSSR count). The lowest BCUT2D eigenvalue weighted by Gasteiger charge is -2.15. The number of carbonyl (C=O) groups excluding carboxylic acids is 1. The number of nitrogens with two attached hydrogens (primary N) is 2. The van der Waals surface area contributed by atoms with E-state index in [9.17, 15) is 4.79 Å². The zero-order valence-electron chi connectivity index (χ0n) is 11.3. The maximum Gasteiger partial charge on any atom is 0.252 e. The van der Waals surface area contributed by atoms with E-state index in [-0.39, 0.29) is 6.04 Å². The van der Waals surface area contributed by atoms with Crippen molar-refractivity contribution in [1.29, 1.82) is 0 Å². The van der Waals surface area contributed by atoms with Gasteiger partial charge in [-0.05, 0) is 31.9 Å². The van der Waals surface area contributed by atoms with Gasteiger partial charge in [-0.2, -0.15) is 0 Å². The second-order valence-corrected chi connectivity index (χ2v) is 4.60. The Hall–Kier alpha value is -1.62. The molecule has 0 spiro atoms. The van der Waals surface area contributed by atoms with Gasteiger partial charge in [-0.3, -0.25) is 4.79 Å². The van der Waals surface area contributed by atoms with E-state index in [4.69, 9.17) is 11.5 Å². The molecule has 0 aliphatic rings. The number of hydrogen-bond donors (Lipinski definition) is 3. The lowest BCUT2D eigenvalue weighted by molar-refractivity contribution is 0.1000. The van der Waals surface area contributed by atoms with Crippen molar-refractivity contribution in [3.05, 3.63) is 22.9 Å². The molecule has 100 valence electrons. The van der Waals surface area contributed by atoms with Crippen LogP contribution in [-0.4, -0.2) is 23.5 Å². The highest BCUT2D eigenvalue weighted by Gasteiger charge is 2.14. The van der Waals surface area contributed by atoms with Gasteiger partial charge in [0, 0.05) is 18.3 Å². The zero-order valence-corrected chi connectivity index (χ0v) is 11.3. The van der Waals surface area contributed by atoms with Gasteiger partial charge in [0.15, 0.2) is 0 Å². The molecule has 0 saturated carbocycles. The molecule has 5 nitrogen and oxygen atoms in total. The maximum atomic E-state index is 11.4. The predicted octanol–water partition coefficient (Wildman–Crippen LogP) is 1.34. The molecule has 0 bridgehead atoms. The van der Waals surface area contributed by atoms with Gasteiger partial charge in [0.25, 0.3) is 5.91 Å². The van der Waals surface area contributed by atoms with Gasteiger partial charge in [-0.15, -0.1) is 0 Å². The van der Waals surface area contributed by atoms with Gasteiger partial charge in [0.1, 0.15) is 5.82 Å². The Kier molecular flexibility index (Phi) is 5.09. The number of nitrogens with one attached hydrogen (secondary N) is 1. The van der Waals surface area contributed by atoms with E-state index in [0.29, 0.717) is 17.9 Å². The summed E-state index contributed by atoms with van der Waals surface area (Å²) in [5, 5.41) is 3.12. The molecule has 1 aromatic heterocycles. The number of anilines is 1. The number of aromatic nitrogens is 1. The lowest BCUT2D eigenvalue weighted by atomic mass is 10.1. The Bertz CT molecular complexity index is 431. The molecule has 5 heteroatoms. The average molecular weight is 250 g/mol. The summed E-state index contributed by atoms with van der Waals surface area (Å²) in [6.45, 7) is 6.41. The largest absolute Gasteiger partial charge is 0.368 e. The third kappa shape index (κ3) is 3.70. The summed E-state index contributed by atoms with van der Waals surface area (Å²) in [5.41, 5.74) is 13.4. The average Bonchev–Trinajstić information content (AvgIpc) is 2.25. The maximum absolute atomic E-state index is 11.4. The van der Waals surface area contributed by atoms with Gasteiger partial charge in [0.05, 0.1) is 5.56 Å². The van der Waals surface area contributed by atoms with Gasteiger partial charge in [0.2, 0.25) is 0 Å². The summed E-state index contributed by atoms with van der Waals surface area (Å²) in [5.74, 6) is 0.0677. The van der Waals surface area contributed by atoms with Gasteiger partial charge in [-0.25, -0.2) is 4.98 Å². The molecule has 1 aromatic rings. The van der Waals surface area contributed by atoms with E-state index in [2.05, 4.69) is 17.2 Å². The summed E-state index contributed by atoms with van der Waals surface area (Å²) < 4.78 is 0. The Morgan fingerprint density at radius 1 is 1.50 bits per heavy atom. The van der Waals surface area contributed by atoms with E-state index < -0.39 is 5.91 Å². The number of primary amides is 1. The molecule has 1 unspecified atom stereocenters. The third-order valence-electron chi connectivity index (χ3n) is 2.78. The van der Waals surface area contributed by atoms with Gasteiger partial charge >= 0.3 is 0 Å². The number of hydrogen-bond acceptors (Lipinski definition) is 4. The quantitative estimate of drug-likeness (QED) is 0.710. The summed E-state index contributed by atoms with van der Waals surface area (Å²) >= 11 is 0. The van der Waals surface area contributed by atoms with Crippen LogP contribution in [0.4, 0.5) is 5.82 Å². The highest BCUT2D eigenvalue weighted by Crippen LogP contribution is 2.18. The number of rotatable bonds is 6. The molecule has 5 N–H and O–H groups in total. The van der Waals surface area contributed by atoms with Crippen molar-refractivity contribution in [2.24, 2.45) is 11.5 Å². The summed E-state index contributed by atoms with van der Waals surface area (Å²) in [6.07, 6.45) is 1.97. The van der Waals surface area contributed by atoms with Crippen molar-refractivity contribution in [2.75, 3.05) is 11.9 Å². The third-order valence-corrected chi connectivity index (χ3v) is 2.78. The summed E-state index contributed by atoms with van der Waals surface area (Å²) in [6, 6.07) is 1.90. The molecule has 0 aromatic carbocycles. The van der Waals surface area contributed by atoms with Crippen LogP contribution in [0, 0.1) is 13.8 Å². The molecular formula is C13H22N4O. The molecule has 18 heavy (non-hydrogen) atoms. The van der Waals surface area contributed by atoms with Crippen molar-refractivity contribution in [3.63, 3.8) is 0 Å². The Labute approximate surface area is 108 Å². The van der Waals surface area contributed by atoms with Crippen molar-refractivity contribution in [2.45, 2.75) is 39.7 Å². The molecule has 1 amide bonds. The first-order valence-corrected chi connectivity index (χ1v) is 6.23. The van der Waals surface area contributed by atoms with Crippen LogP contribution in [0.2, 0.25) is 0 Å². The minimum absolute atomic E-state index is 0.0540. The number of amides is 1. The summed E-state index contributed by atoms with van der Waals surface area (Å²) in [4.78, 5) is 15.8. The fourth-order valence-corrected chi connectivity index (χ4v) is 1.98. The van der Waals surface area contributed by atoms with Crippen molar-refractivity contribution < 1.29 is 4.79 Å². The minimum Gasteiger partial charge on any atom is -0.368 e. The number of carbonyl (C=O) groups is 1.